The van der Waals surface area contributed by atoms with Gasteiger partial charge in [0.25, 0.3) is 11.7 Å². The van der Waals surface area contributed by atoms with Crippen molar-refractivity contribution >= 4 is 40.7 Å². The SMILES string of the molecule is CN(C)c1ccc([C@@H]2C(=C(O)c3ccc(Cl)cc3)C(=O)C(=O)N2CCCC(=O)O)cc1. The van der Waals surface area contributed by atoms with Crippen molar-refractivity contribution in [1.29, 1.82) is 0 Å². The zero-order chi connectivity index (χ0) is 22.7. The van der Waals surface area contributed by atoms with Gasteiger partial charge in [-0.2, -0.15) is 0 Å². The second-order valence-corrected chi connectivity index (χ2v) is 7.92. The van der Waals surface area contributed by atoms with Crippen molar-refractivity contribution in [2.45, 2.75) is 18.9 Å². The average Bonchev–Trinajstić information content (AvgIpc) is 2.98. The predicted molar refractivity (Wildman–Crippen MR) is 118 cm³/mol. The lowest BCUT2D eigenvalue weighted by Gasteiger charge is -2.25. The molecule has 0 saturated carbocycles. The molecule has 1 saturated heterocycles. The van der Waals surface area contributed by atoms with E-state index in [0.29, 0.717) is 16.1 Å². The highest BCUT2D eigenvalue weighted by Crippen LogP contribution is 2.40. The monoisotopic (exact) mass is 442 g/mol. The number of carboxylic acid groups (broad SMARTS) is 1. The summed E-state index contributed by atoms with van der Waals surface area (Å²) in [7, 11) is 3.79. The quantitative estimate of drug-likeness (QED) is 0.385. The van der Waals surface area contributed by atoms with Crippen LogP contribution in [0.5, 0.6) is 0 Å². The molecule has 162 valence electrons. The summed E-state index contributed by atoms with van der Waals surface area (Å²) in [6, 6.07) is 12.8. The molecule has 2 aromatic carbocycles. The number of ketones is 1. The Labute approximate surface area is 185 Å². The van der Waals surface area contributed by atoms with Gasteiger partial charge in [0, 0.05) is 43.3 Å². The lowest BCUT2D eigenvalue weighted by Crippen LogP contribution is -2.31. The molecule has 1 amide bonds. The number of carboxylic acids is 1. The molecule has 1 heterocycles. The molecule has 7 nitrogen and oxygen atoms in total. The summed E-state index contributed by atoms with van der Waals surface area (Å²) in [5.74, 6) is -2.84. The molecule has 0 aromatic heterocycles. The Morgan fingerprint density at radius 1 is 1.03 bits per heavy atom. The molecule has 2 aromatic rings. The molecule has 0 radical (unpaired) electrons. The van der Waals surface area contributed by atoms with Gasteiger partial charge in [-0.15, -0.1) is 0 Å². The number of amides is 1. The van der Waals surface area contributed by atoms with Gasteiger partial charge in [-0.25, -0.2) is 0 Å². The van der Waals surface area contributed by atoms with Crippen molar-refractivity contribution in [2.24, 2.45) is 0 Å². The van der Waals surface area contributed by atoms with E-state index in [-0.39, 0.29) is 30.7 Å². The zero-order valence-electron chi connectivity index (χ0n) is 17.2. The van der Waals surface area contributed by atoms with E-state index in [1.807, 2.05) is 31.1 Å². The van der Waals surface area contributed by atoms with E-state index >= 15 is 0 Å². The third-order valence-corrected chi connectivity index (χ3v) is 5.42. The number of carbonyl (C=O) groups is 3. The number of aliphatic hydroxyl groups excluding tert-OH is 1. The smallest absolute Gasteiger partial charge is 0.303 e. The van der Waals surface area contributed by atoms with Crippen LogP contribution in [0.2, 0.25) is 5.02 Å². The predicted octanol–water partition coefficient (Wildman–Crippen LogP) is 3.69. The van der Waals surface area contributed by atoms with E-state index in [1.165, 1.54) is 4.90 Å². The summed E-state index contributed by atoms with van der Waals surface area (Å²) < 4.78 is 0. The molecule has 0 spiro atoms. The van der Waals surface area contributed by atoms with E-state index in [9.17, 15) is 19.5 Å². The van der Waals surface area contributed by atoms with Crippen LogP contribution in [-0.4, -0.2) is 53.4 Å². The van der Waals surface area contributed by atoms with Crippen LogP contribution in [-0.2, 0) is 14.4 Å². The second kappa shape index (κ2) is 9.22. The number of rotatable bonds is 7. The van der Waals surface area contributed by atoms with Gasteiger partial charge in [0.1, 0.15) is 5.76 Å². The molecule has 0 bridgehead atoms. The normalized spacial score (nSPS) is 17.8. The molecule has 1 aliphatic rings. The fourth-order valence-corrected chi connectivity index (χ4v) is 3.70. The second-order valence-electron chi connectivity index (χ2n) is 7.48. The molecule has 2 N–H and O–H groups in total. The Morgan fingerprint density at radius 2 is 1.65 bits per heavy atom. The van der Waals surface area contributed by atoms with Gasteiger partial charge < -0.3 is 20.0 Å². The van der Waals surface area contributed by atoms with Gasteiger partial charge in [-0.05, 0) is 48.4 Å². The van der Waals surface area contributed by atoms with Crippen molar-refractivity contribution in [3.8, 4) is 0 Å². The van der Waals surface area contributed by atoms with Gasteiger partial charge in [-0.1, -0.05) is 23.7 Å². The zero-order valence-corrected chi connectivity index (χ0v) is 18.0. The highest BCUT2D eigenvalue weighted by molar-refractivity contribution is 6.46. The Morgan fingerprint density at radius 3 is 2.19 bits per heavy atom. The van der Waals surface area contributed by atoms with Crippen LogP contribution >= 0.6 is 11.6 Å². The lowest BCUT2D eigenvalue weighted by atomic mass is 9.95. The average molecular weight is 443 g/mol. The first kappa shape index (κ1) is 22.4. The number of hydrogen-bond donors (Lipinski definition) is 2. The number of hydrogen-bond acceptors (Lipinski definition) is 5. The van der Waals surface area contributed by atoms with Gasteiger partial charge in [-0.3, -0.25) is 14.4 Å². The minimum Gasteiger partial charge on any atom is -0.507 e. The Kier molecular flexibility index (Phi) is 6.65. The van der Waals surface area contributed by atoms with Gasteiger partial charge in [0.2, 0.25) is 0 Å². The van der Waals surface area contributed by atoms with Crippen LogP contribution in [0.1, 0.15) is 30.0 Å². The van der Waals surface area contributed by atoms with E-state index in [4.69, 9.17) is 16.7 Å². The van der Waals surface area contributed by atoms with Gasteiger partial charge >= 0.3 is 5.97 Å². The fourth-order valence-electron chi connectivity index (χ4n) is 3.58. The number of benzene rings is 2. The number of likely N-dealkylation sites (tertiary alicyclic amines) is 1. The molecular formula is C23H23ClN2O5. The number of halogens is 1. The lowest BCUT2D eigenvalue weighted by molar-refractivity contribution is -0.140. The Balaban J connectivity index is 2.09. The van der Waals surface area contributed by atoms with E-state index in [0.717, 1.165) is 5.69 Å². The number of aliphatic carboxylic acids is 1. The van der Waals surface area contributed by atoms with Crippen LogP contribution in [0, 0.1) is 0 Å². The van der Waals surface area contributed by atoms with Crippen LogP contribution in [0.3, 0.4) is 0 Å². The summed E-state index contributed by atoms with van der Waals surface area (Å²) in [6.45, 7) is 0.0777. The van der Waals surface area contributed by atoms with Crippen molar-refractivity contribution < 1.29 is 24.6 Å². The molecule has 8 heteroatoms. The van der Waals surface area contributed by atoms with Crippen LogP contribution in [0.4, 0.5) is 5.69 Å². The van der Waals surface area contributed by atoms with Crippen molar-refractivity contribution in [1.82, 2.24) is 4.90 Å². The van der Waals surface area contributed by atoms with E-state index in [1.54, 1.807) is 36.4 Å². The molecule has 0 unspecified atom stereocenters. The van der Waals surface area contributed by atoms with Crippen molar-refractivity contribution in [2.75, 3.05) is 25.5 Å². The number of anilines is 1. The minimum atomic E-state index is -0.982. The minimum absolute atomic E-state index is 0.0275. The van der Waals surface area contributed by atoms with E-state index < -0.39 is 23.7 Å². The Hall–Kier alpha value is -3.32. The molecule has 0 aliphatic carbocycles. The van der Waals surface area contributed by atoms with Gasteiger partial charge in [0.15, 0.2) is 0 Å². The third kappa shape index (κ3) is 4.72. The summed E-state index contributed by atoms with van der Waals surface area (Å²) in [6.07, 6.45) is 0.0576. The maximum atomic E-state index is 12.9. The molecule has 31 heavy (non-hydrogen) atoms. The van der Waals surface area contributed by atoms with Crippen molar-refractivity contribution in [3.05, 3.63) is 70.3 Å². The maximum absolute atomic E-state index is 12.9. The molecule has 1 aliphatic heterocycles. The molecule has 1 atom stereocenters. The molecule has 1 fully saturated rings. The highest BCUT2D eigenvalue weighted by Gasteiger charge is 2.45. The van der Waals surface area contributed by atoms with E-state index in [2.05, 4.69) is 0 Å². The number of carbonyl (C=O) groups excluding carboxylic acids is 2. The van der Waals surface area contributed by atoms with Crippen LogP contribution in [0.15, 0.2) is 54.1 Å². The largest absolute Gasteiger partial charge is 0.507 e. The van der Waals surface area contributed by atoms with Crippen molar-refractivity contribution in [3.63, 3.8) is 0 Å². The maximum Gasteiger partial charge on any atom is 0.303 e. The summed E-state index contributed by atoms with van der Waals surface area (Å²) in [5.41, 5.74) is 1.92. The first-order valence-electron chi connectivity index (χ1n) is 9.74. The summed E-state index contributed by atoms with van der Waals surface area (Å²) >= 11 is 5.92. The number of aliphatic hydroxyl groups is 1. The molecule has 3 rings (SSSR count). The summed E-state index contributed by atoms with van der Waals surface area (Å²) in [4.78, 5) is 39.9. The first-order chi connectivity index (χ1) is 14.7. The number of nitrogens with zero attached hydrogens (tertiary/aromatic N) is 2. The van der Waals surface area contributed by atoms with Crippen LogP contribution in [0.25, 0.3) is 5.76 Å². The standard InChI is InChI=1S/C23H23ClN2O5/c1-25(2)17-11-7-14(8-12-17)20-19(21(29)15-5-9-16(24)10-6-15)22(30)23(31)26(20)13-3-4-18(27)28/h5-12,20,29H,3-4,13H2,1-2H3,(H,27,28)/t20-/m1/s1. The Bertz CT molecular complexity index is 1030. The van der Waals surface area contributed by atoms with Crippen LogP contribution < -0.4 is 4.90 Å². The molecular weight excluding hydrogens is 420 g/mol. The highest BCUT2D eigenvalue weighted by atomic mass is 35.5. The first-order valence-corrected chi connectivity index (χ1v) is 10.1. The fraction of sp³-hybridized carbons (Fsp3) is 0.261. The topological polar surface area (TPSA) is 98.2 Å². The summed E-state index contributed by atoms with van der Waals surface area (Å²) in [5, 5.41) is 20.4. The van der Waals surface area contributed by atoms with Gasteiger partial charge in [0.05, 0.1) is 11.6 Å². The third-order valence-electron chi connectivity index (χ3n) is 5.17. The number of Topliss-reactive ketones (excluding diaryl/α,β-unsaturated/α-hetero) is 1.